The molecule has 3 aromatic carbocycles. The largest absolute Gasteiger partial charge is 0.496 e. The van der Waals surface area contributed by atoms with Gasteiger partial charge in [0.05, 0.1) is 12.5 Å². The highest BCUT2D eigenvalue weighted by Crippen LogP contribution is 2.32. The number of carbonyl (C=O) groups is 1. The summed E-state index contributed by atoms with van der Waals surface area (Å²) < 4.78 is 11.3. The molecule has 142 valence electrons. The number of benzene rings is 3. The van der Waals surface area contributed by atoms with Crippen LogP contribution in [0, 0.1) is 0 Å². The van der Waals surface area contributed by atoms with Crippen molar-refractivity contribution in [3.63, 3.8) is 0 Å². The third kappa shape index (κ3) is 4.49. The summed E-state index contributed by atoms with van der Waals surface area (Å²) in [7, 11) is 1.62. The Morgan fingerprint density at radius 3 is 2.29 bits per heavy atom. The molecule has 0 aliphatic rings. The minimum atomic E-state index is -0.693. The fraction of sp³-hybridized carbons (Fsp3) is 0.160. The molecule has 3 rings (SSSR count). The lowest BCUT2D eigenvalue weighted by Gasteiger charge is -2.24. The Morgan fingerprint density at radius 1 is 0.857 bits per heavy atom. The lowest BCUT2D eigenvalue weighted by Crippen LogP contribution is -2.27. The molecule has 0 saturated heterocycles. The number of ketones is 1. The van der Waals surface area contributed by atoms with Crippen LogP contribution >= 0.6 is 0 Å². The Hall–Kier alpha value is -3.33. The van der Waals surface area contributed by atoms with E-state index in [0.29, 0.717) is 5.75 Å². The zero-order chi connectivity index (χ0) is 20.0. The van der Waals surface area contributed by atoms with Crippen LogP contribution in [-0.2, 0) is 10.2 Å². The molecule has 0 radical (unpaired) electrons. The summed E-state index contributed by atoms with van der Waals surface area (Å²) in [5.41, 5.74) is 1.08. The van der Waals surface area contributed by atoms with Gasteiger partial charge in [0, 0.05) is 5.56 Å². The van der Waals surface area contributed by atoms with Gasteiger partial charge in [-0.05, 0) is 55.8 Å². The van der Waals surface area contributed by atoms with Gasteiger partial charge in [-0.25, -0.2) is 0 Å². The number of allylic oxidation sites excluding steroid dienone is 1. The fourth-order valence-electron chi connectivity index (χ4n) is 2.98. The molecule has 0 aliphatic heterocycles. The molecule has 0 fully saturated rings. The highest BCUT2D eigenvalue weighted by atomic mass is 16.5. The van der Waals surface area contributed by atoms with Gasteiger partial charge in [0.25, 0.3) is 0 Å². The third-order valence-corrected chi connectivity index (χ3v) is 4.66. The van der Waals surface area contributed by atoms with E-state index in [9.17, 15) is 4.79 Å². The van der Waals surface area contributed by atoms with Crippen LogP contribution in [0.15, 0.2) is 84.9 Å². The standard InChI is InChI=1S/C25H24O3/c1-25(2,22-14-7-8-15-23(22)27-3)24(26)17-16-19-10-9-13-21(18-19)28-20-11-5-4-6-12-20/h4-18H,1-3H3/b17-16+. The summed E-state index contributed by atoms with van der Waals surface area (Å²) in [5, 5.41) is 0. The zero-order valence-corrected chi connectivity index (χ0v) is 16.4. The molecule has 0 unspecified atom stereocenters. The topological polar surface area (TPSA) is 35.5 Å². The van der Waals surface area contributed by atoms with Gasteiger partial charge in [-0.15, -0.1) is 0 Å². The van der Waals surface area contributed by atoms with Gasteiger partial charge < -0.3 is 9.47 Å². The number of methoxy groups -OCH3 is 1. The van der Waals surface area contributed by atoms with Crippen molar-refractivity contribution < 1.29 is 14.3 Å². The molecule has 0 aromatic heterocycles. The Kier molecular flexibility index (Phi) is 5.95. The molecule has 0 amide bonds. The Labute approximate surface area is 166 Å². The van der Waals surface area contributed by atoms with Gasteiger partial charge in [-0.3, -0.25) is 4.79 Å². The number of hydrogen-bond acceptors (Lipinski definition) is 3. The van der Waals surface area contributed by atoms with Gasteiger partial charge in [-0.1, -0.05) is 54.6 Å². The van der Waals surface area contributed by atoms with E-state index in [1.54, 1.807) is 13.2 Å². The fourth-order valence-corrected chi connectivity index (χ4v) is 2.98. The molecule has 0 spiro atoms. The average Bonchev–Trinajstić information content (AvgIpc) is 2.73. The first kappa shape index (κ1) is 19.4. The van der Waals surface area contributed by atoms with Crippen molar-refractivity contribution in [1.29, 1.82) is 0 Å². The van der Waals surface area contributed by atoms with Crippen LogP contribution in [0.4, 0.5) is 0 Å². The summed E-state index contributed by atoms with van der Waals surface area (Å²) in [6.07, 6.45) is 3.44. The molecular weight excluding hydrogens is 348 g/mol. The average molecular weight is 372 g/mol. The van der Waals surface area contributed by atoms with Gasteiger partial charge >= 0.3 is 0 Å². The van der Waals surface area contributed by atoms with Gasteiger partial charge in [0.1, 0.15) is 17.2 Å². The molecule has 28 heavy (non-hydrogen) atoms. The van der Waals surface area contributed by atoms with Gasteiger partial charge in [0.15, 0.2) is 5.78 Å². The van der Waals surface area contributed by atoms with Crippen LogP contribution < -0.4 is 9.47 Å². The molecule has 0 aliphatic carbocycles. The molecular formula is C25H24O3. The van der Waals surface area contributed by atoms with Crippen molar-refractivity contribution in [2.45, 2.75) is 19.3 Å². The maximum atomic E-state index is 12.9. The second kappa shape index (κ2) is 8.57. The second-order valence-electron chi connectivity index (χ2n) is 7.01. The van der Waals surface area contributed by atoms with Crippen LogP contribution in [0.1, 0.15) is 25.0 Å². The van der Waals surface area contributed by atoms with Gasteiger partial charge in [0.2, 0.25) is 0 Å². The number of hydrogen-bond donors (Lipinski definition) is 0. The minimum absolute atomic E-state index is 0.00591. The van der Waals surface area contributed by atoms with E-state index in [-0.39, 0.29) is 5.78 Å². The number of ether oxygens (including phenoxy) is 2. The maximum absolute atomic E-state index is 12.9. The van der Waals surface area contributed by atoms with Gasteiger partial charge in [-0.2, -0.15) is 0 Å². The van der Waals surface area contributed by atoms with E-state index in [4.69, 9.17) is 9.47 Å². The second-order valence-corrected chi connectivity index (χ2v) is 7.01. The Morgan fingerprint density at radius 2 is 1.54 bits per heavy atom. The third-order valence-electron chi connectivity index (χ3n) is 4.66. The lowest BCUT2D eigenvalue weighted by atomic mass is 9.79. The SMILES string of the molecule is COc1ccccc1C(C)(C)C(=O)/C=C/c1cccc(Oc2ccccc2)c1. The highest BCUT2D eigenvalue weighted by molar-refractivity contribution is 6.01. The first-order valence-electron chi connectivity index (χ1n) is 9.19. The van der Waals surface area contributed by atoms with E-state index in [1.165, 1.54) is 0 Å². The molecule has 3 nitrogen and oxygen atoms in total. The predicted octanol–water partition coefficient (Wildman–Crippen LogP) is 6.05. The van der Waals surface area contributed by atoms with Crippen molar-refractivity contribution in [2.24, 2.45) is 0 Å². The number of para-hydroxylation sites is 2. The zero-order valence-electron chi connectivity index (χ0n) is 16.4. The summed E-state index contributed by atoms with van der Waals surface area (Å²) in [5.74, 6) is 2.22. The van der Waals surface area contributed by atoms with Crippen LogP contribution in [0.25, 0.3) is 6.08 Å². The number of rotatable bonds is 7. The van der Waals surface area contributed by atoms with Crippen LogP contribution in [0.5, 0.6) is 17.2 Å². The van der Waals surface area contributed by atoms with Crippen LogP contribution in [0.3, 0.4) is 0 Å². The Balaban J connectivity index is 1.77. The van der Waals surface area contributed by atoms with E-state index in [0.717, 1.165) is 22.6 Å². The normalized spacial score (nSPS) is 11.4. The molecule has 3 heteroatoms. The molecule has 0 saturated carbocycles. The van der Waals surface area contributed by atoms with E-state index >= 15 is 0 Å². The first-order valence-corrected chi connectivity index (χ1v) is 9.19. The lowest BCUT2D eigenvalue weighted by molar-refractivity contribution is -0.118. The van der Waals surface area contributed by atoms with Crippen molar-refractivity contribution in [3.8, 4) is 17.2 Å². The summed E-state index contributed by atoms with van der Waals surface area (Å²) in [6.45, 7) is 3.82. The Bertz CT molecular complexity index is 972. The quantitative estimate of drug-likeness (QED) is 0.474. The minimum Gasteiger partial charge on any atom is -0.496 e. The van der Waals surface area contributed by atoms with Crippen molar-refractivity contribution in [3.05, 3.63) is 96.1 Å². The van der Waals surface area contributed by atoms with Crippen molar-refractivity contribution in [1.82, 2.24) is 0 Å². The molecule has 0 N–H and O–H groups in total. The summed E-state index contributed by atoms with van der Waals surface area (Å²) in [6, 6.07) is 24.9. The van der Waals surface area contributed by atoms with Crippen LogP contribution in [-0.4, -0.2) is 12.9 Å². The number of carbonyl (C=O) groups excluding carboxylic acids is 1. The van der Waals surface area contributed by atoms with Crippen molar-refractivity contribution >= 4 is 11.9 Å². The maximum Gasteiger partial charge on any atom is 0.165 e. The molecule has 3 aromatic rings. The molecule has 0 heterocycles. The summed E-state index contributed by atoms with van der Waals surface area (Å²) in [4.78, 5) is 12.9. The summed E-state index contributed by atoms with van der Waals surface area (Å²) >= 11 is 0. The van der Waals surface area contributed by atoms with E-state index in [1.807, 2.05) is 98.8 Å². The smallest absolute Gasteiger partial charge is 0.165 e. The van der Waals surface area contributed by atoms with E-state index < -0.39 is 5.41 Å². The predicted molar refractivity (Wildman–Crippen MR) is 113 cm³/mol. The molecule has 0 bridgehead atoms. The van der Waals surface area contributed by atoms with Crippen molar-refractivity contribution in [2.75, 3.05) is 7.11 Å². The first-order chi connectivity index (χ1) is 13.5. The van der Waals surface area contributed by atoms with Crippen LogP contribution in [0.2, 0.25) is 0 Å². The highest BCUT2D eigenvalue weighted by Gasteiger charge is 2.30. The molecule has 0 atom stereocenters. The van der Waals surface area contributed by atoms with E-state index in [2.05, 4.69) is 0 Å². The monoisotopic (exact) mass is 372 g/mol.